The van der Waals surface area contributed by atoms with Crippen LogP contribution in [0.2, 0.25) is 0 Å². The normalized spacial score (nSPS) is 39.4. The number of hydrogen-bond donors (Lipinski definition) is 1. The second kappa shape index (κ2) is 16.0. The van der Waals surface area contributed by atoms with Crippen LogP contribution in [0.4, 0.5) is 0 Å². The van der Waals surface area contributed by atoms with E-state index in [1.807, 2.05) is 7.11 Å². The van der Waals surface area contributed by atoms with Gasteiger partial charge in [0.25, 0.3) is 0 Å². The number of rotatable bonds is 16. The highest BCUT2D eigenvalue weighted by atomic mass is 16.7. The van der Waals surface area contributed by atoms with Gasteiger partial charge in [-0.1, -0.05) is 97.6 Å². The third-order valence-electron chi connectivity index (χ3n) is 14.8. The predicted molar refractivity (Wildman–Crippen MR) is 191 cm³/mol. The molecule has 0 spiro atoms. The number of carbonyl (C=O) groups excluding carboxylic acids is 1. The SMILES string of the molecule is CCCCCCCCCC(=O)O[C@@]1(CCCC)CC[C@H]2[C@@H]3[C@H](C)C=C4C[C@@H](OC5(OC)CCCCC5)C[C@H](C)[C@]4(CO)[C@H]3CC[C@@]21C. The van der Waals surface area contributed by atoms with Crippen LogP contribution in [-0.4, -0.2) is 42.3 Å². The maximum atomic E-state index is 13.5. The zero-order valence-corrected chi connectivity index (χ0v) is 31.4. The summed E-state index contributed by atoms with van der Waals surface area (Å²) in [6, 6.07) is 0. The lowest BCUT2D eigenvalue weighted by molar-refractivity contribution is -0.269. The van der Waals surface area contributed by atoms with Crippen LogP contribution in [0.25, 0.3) is 0 Å². The molecule has 270 valence electrons. The monoisotopic (exact) mass is 657 g/mol. The Labute approximate surface area is 288 Å². The van der Waals surface area contributed by atoms with E-state index in [4.69, 9.17) is 14.2 Å². The van der Waals surface area contributed by atoms with E-state index in [1.54, 1.807) is 0 Å². The minimum Gasteiger partial charge on any atom is -0.458 e. The van der Waals surface area contributed by atoms with E-state index in [-0.39, 0.29) is 35.1 Å². The minimum absolute atomic E-state index is 0.00915. The zero-order chi connectivity index (χ0) is 33.7. The summed E-state index contributed by atoms with van der Waals surface area (Å²) in [7, 11) is 1.83. The molecule has 0 unspecified atom stereocenters. The summed E-state index contributed by atoms with van der Waals surface area (Å²) >= 11 is 0. The van der Waals surface area contributed by atoms with Crippen molar-refractivity contribution in [1.82, 2.24) is 0 Å². The molecule has 0 heterocycles. The van der Waals surface area contributed by atoms with Crippen LogP contribution >= 0.6 is 0 Å². The average molecular weight is 657 g/mol. The van der Waals surface area contributed by atoms with E-state index >= 15 is 0 Å². The van der Waals surface area contributed by atoms with E-state index in [0.29, 0.717) is 36.0 Å². The first kappa shape index (κ1) is 37.3. The third-order valence-corrected chi connectivity index (χ3v) is 14.8. The highest BCUT2D eigenvalue weighted by molar-refractivity contribution is 5.70. The largest absolute Gasteiger partial charge is 0.458 e. The van der Waals surface area contributed by atoms with Crippen molar-refractivity contribution >= 4 is 5.97 Å². The lowest BCUT2D eigenvalue weighted by atomic mass is 9.43. The molecule has 5 heteroatoms. The Balaban J connectivity index is 1.33. The molecule has 0 aromatic heterocycles. The molecular weight excluding hydrogens is 584 g/mol. The molecule has 0 radical (unpaired) electrons. The van der Waals surface area contributed by atoms with Gasteiger partial charge in [0, 0.05) is 37.2 Å². The summed E-state index contributed by atoms with van der Waals surface area (Å²) in [6.07, 6.45) is 26.9. The second-order valence-electron chi connectivity index (χ2n) is 17.2. The number of fused-ring (bicyclic) bond motifs is 5. The minimum atomic E-state index is -0.435. The zero-order valence-electron chi connectivity index (χ0n) is 31.4. The van der Waals surface area contributed by atoms with Crippen LogP contribution in [-0.2, 0) is 19.0 Å². The van der Waals surface area contributed by atoms with Crippen LogP contribution in [0, 0.1) is 40.4 Å². The molecule has 0 aromatic carbocycles. The van der Waals surface area contributed by atoms with Crippen LogP contribution in [0.1, 0.15) is 176 Å². The quantitative estimate of drug-likeness (QED) is 0.0775. The fourth-order valence-corrected chi connectivity index (χ4v) is 12.1. The first-order chi connectivity index (χ1) is 22.6. The summed E-state index contributed by atoms with van der Waals surface area (Å²) < 4.78 is 19.7. The summed E-state index contributed by atoms with van der Waals surface area (Å²) in [5.41, 5.74) is 0.927. The average Bonchev–Trinajstić information content (AvgIpc) is 3.35. The number of ether oxygens (including phenoxy) is 3. The molecule has 5 nitrogen and oxygen atoms in total. The first-order valence-electron chi connectivity index (χ1n) is 20.4. The maximum absolute atomic E-state index is 13.5. The second-order valence-corrected chi connectivity index (χ2v) is 17.2. The van der Waals surface area contributed by atoms with Gasteiger partial charge in [-0.2, -0.15) is 0 Å². The Hall–Kier alpha value is -0.910. The van der Waals surface area contributed by atoms with E-state index in [0.717, 1.165) is 83.5 Å². The highest BCUT2D eigenvalue weighted by Gasteiger charge is 2.67. The summed E-state index contributed by atoms with van der Waals surface area (Å²) in [4.78, 5) is 13.5. The molecule has 5 aliphatic rings. The number of aliphatic hydroxyl groups excluding tert-OH is 1. The van der Waals surface area contributed by atoms with Crippen LogP contribution in [0.3, 0.4) is 0 Å². The molecule has 5 aliphatic carbocycles. The van der Waals surface area contributed by atoms with Gasteiger partial charge in [0.2, 0.25) is 0 Å². The van der Waals surface area contributed by atoms with Crippen molar-refractivity contribution in [3.63, 3.8) is 0 Å². The Kier molecular flexibility index (Phi) is 12.7. The number of allylic oxidation sites excluding steroid dienone is 1. The summed E-state index contributed by atoms with van der Waals surface area (Å²) in [5.74, 6) is 1.90. The molecule has 0 bridgehead atoms. The van der Waals surface area contributed by atoms with Crippen molar-refractivity contribution in [1.29, 1.82) is 0 Å². The van der Waals surface area contributed by atoms with Gasteiger partial charge in [-0.25, -0.2) is 0 Å². The molecule has 0 aromatic rings. The number of carbonyl (C=O) groups is 1. The molecule has 0 saturated heterocycles. The molecule has 1 N–H and O–H groups in total. The van der Waals surface area contributed by atoms with Crippen molar-refractivity contribution < 1.29 is 24.1 Å². The fourth-order valence-electron chi connectivity index (χ4n) is 12.1. The van der Waals surface area contributed by atoms with Crippen molar-refractivity contribution in [3.8, 4) is 0 Å². The number of methoxy groups -OCH3 is 1. The van der Waals surface area contributed by atoms with Gasteiger partial charge in [0.05, 0.1) is 12.7 Å². The standard InChI is InChI=1S/C42H72O5/c1-7-9-11-12-13-14-16-19-37(44)47-40(22-10-8-2)26-21-35-38-31(3)27-33-29-34(46-41(45-6)23-17-15-18-24-41)28-32(4)42(33,30-43)36(38)20-25-39(35,40)5/h27,31-32,34-36,38,43H,7-26,28-30H2,1-6H3/t31-,32+,34+,35+,36+,38+,39+,40+,42+/m1/s1. The van der Waals surface area contributed by atoms with E-state index in [9.17, 15) is 9.90 Å². The lowest BCUT2D eigenvalue weighted by Crippen LogP contribution is -2.60. The molecule has 0 amide bonds. The number of esters is 1. The van der Waals surface area contributed by atoms with Crippen molar-refractivity contribution in [2.75, 3.05) is 13.7 Å². The van der Waals surface area contributed by atoms with Crippen LogP contribution in [0.15, 0.2) is 11.6 Å². The number of aliphatic hydroxyl groups is 1. The number of hydrogen-bond acceptors (Lipinski definition) is 5. The van der Waals surface area contributed by atoms with Gasteiger partial charge in [-0.3, -0.25) is 4.79 Å². The molecular formula is C42H72O5. The van der Waals surface area contributed by atoms with Crippen LogP contribution < -0.4 is 0 Å². The molecule has 5 rings (SSSR count). The molecule has 4 saturated carbocycles. The smallest absolute Gasteiger partial charge is 0.306 e. The third kappa shape index (κ3) is 7.17. The number of unbranched alkanes of at least 4 members (excludes halogenated alkanes) is 7. The Morgan fingerprint density at radius 1 is 0.894 bits per heavy atom. The van der Waals surface area contributed by atoms with E-state index in [2.05, 4.69) is 40.7 Å². The van der Waals surface area contributed by atoms with Gasteiger partial charge >= 0.3 is 5.97 Å². The predicted octanol–water partition coefficient (Wildman–Crippen LogP) is 10.7. The Morgan fingerprint density at radius 2 is 1.57 bits per heavy atom. The Morgan fingerprint density at radius 3 is 2.26 bits per heavy atom. The maximum Gasteiger partial charge on any atom is 0.306 e. The summed E-state index contributed by atoms with van der Waals surface area (Å²) in [6.45, 7) is 12.1. The fraction of sp³-hybridized carbons (Fsp3) is 0.929. The summed E-state index contributed by atoms with van der Waals surface area (Å²) in [5, 5.41) is 11.4. The lowest BCUT2D eigenvalue weighted by Gasteiger charge is -2.63. The Bertz CT molecular complexity index is 1050. The molecule has 4 fully saturated rings. The molecule has 47 heavy (non-hydrogen) atoms. The molecule has 9 atom stereocenters. The van der Waals surface area contributed by atoms with Crippen molar-refractivity contribution in [2.24, 2.45) is 40.4 Å². The molecule has 0 aliphatic heterocycles. The highest BCUT2D eigenvalue weighted by Crippen LogP contribution is 2.70. The van der Waals surface area contributed by atoms with Crippen LogP contribution in [0.5, 0.6) is 0 Å². The van der Waals surface area contributed by atoms with Gasteiger partial charge in [0.15, 0.2) is 5.79 Å². The van der Waals surface area contributed by atoms with Gasteiger partial charge < -0.3 is 19.3 Å². The van der Waals surface area contributed by atoms with Gasteiger partial charge in [-0.15, -0.1) is 0 Å². The van der Waals surface area contributed by atoms with E-state index in [1.165, 1.54) is 56.9 Å². The van der Waals surface area contributed by atoms with Gasteiger partial charge in [-0.05, 0) is 100 Å². The first-order valence-corrected chi connectivity index (χ1v) is 20.4. The van der Waals surface area contributed by atoms with E-state index < -0.39 is 5.79 Å². The van der Waals surface area contributed by atoms with Crippen molar-refractivity contribution in [2.45, 2.75) is 193 Å². The van der Waals surface area contributed by atoms with Crippen molar-refractivity contribution in [3.05, 3.63) is 11.6 Å². The topological polar surface area (TPSA) is 65.0 Å². The van der Waals surface area contributed by atoms with Gasteiger partial charge in [0.1, 0.15) is 5.60 Å².